The number of rotatable bonds is 3. The predicted octanol–water partition coefficient (Wildman–Crippen LogP) is 3.16. The quantitative estimate of drug-likeness (QED) is 0.919. The topological polar surface area (TPSA) is 15.3 Å². The van der Waals surface area contributed by atoms with E-state index in [1.54, 1.807) is 0 Å². The lowest BCUT2D eigenvalue weighted by atomic mass is 9.95. The summed E-state index contributed by atoms with van der Waals surface area (Å²) in [6.07, 6.45) is 5.12. The average molecular weight is 323 g/mol. The summed E-state index contributed by atoms with van der Waals surface area (Å²) in [5.74, 6) is 0.707. The molecular formula is C16H23BrN2. The summed E-state index contributed by atoms with van der Waals surface area (Å²) in [6.45, 7) is 3.62. The van der Waals surface area contributed by atoms with E-state index in [0.29, 0.717) is 12.0 Å². The fourth-order valence-electron chi connectivity index (χ4n) is 3.43. The molecule has 0 saturated carbocycles. The Morgan fingerprint density at radius 1 is 1.37 bits per heavy atom. The van der Waals surface area contributed by atoms with Crippen LogP contribution in [0.2, 0.25) is 0 Å². The SMILES string of the molecule is CN1CCC(c2ccc(CC3CCCN3)cc2Br)C1. The van der Waals surface area contributed by atoms with Gasteiger partial charge < -0.3 is 10.2 Å². The first kappa shape index (κ1) is 13.6. The summed E-state index contributed by atoms with van der Waals surface area (Å²) in [5, 5.41) is 3.58. The Balaban J connectivity index is 1.70. The Bertz CT molecular complexity index is 440. The normalized spacial score (nSPS) is 28.1. The average Bonchev–Trinajstić information content (AvgIpc) is 3.01. The van der Waals surface area contributed by atoms with Gasteiger partial charge >= 0.3 is 0 Å². The van der Waals surface area contributed by atoms with Gasteiger partial charge in [-0.15, -0.1) is 0 Å². The molecule has 2 fully saturated rings. The first-order valence-corrected chi connectivity index (χ1v) is 8.22. The molecule has 1 N–H and O–H groups in total. The van der Waals surface area contributed by atoms with Crippen LogP contribution in [0.15, 0.2) is 22.7 Å². The molecule has 2 unspecified atom stereocenters. The van der Waals surface area contributed by atoms with Gasteiger partial charge in [0.15, 0.2) is 0 Å². The largest absolute Gasteiger partial charge is 0.314 e. The molecule has 0 aromatic heterocycles. The number of hydrogen-bond donors (Lipinski definition) is 1. The Morgan fingerprint density at radius 3 is 2.89 bits per heavy atom. The summed E-state index contributed by atoms with van der Waals surface area (Å²) in [7, 11) is 2.22. The maximum absolute atomic E-state index is 3.79. The third kappa shape index (κ3) is 3.21. The van der Waals surface area contributed by atoms with Crippen LogP contribution in [0.3, 0.4) is 0 Å². The van der Waals surface area contributed by atoms with Crippen molar-refractivity contribution in [3.63, 3.8) is 0 Å². The van der Waals surface area contributed by atoms with Crippen molar-refractivity contribution in [1.29, 1.82) is 0 Å². The van der Waals surface area contributed by atoms with Gasteiger partial charge in [0.1, 0.15) is 0 Å². The van der Waals surface area contributed by atoms with E-state index in [1.807, 2.05) is 0 Å². The van der Waals surface area contributed by atoms with Crippen molar-refractivity contribution < 1.29 is 0 Å². The Kier molecular flexibility index (Phi) is 4.25. The van der Waals surface area contributed by atoms with Crippen LogP contribution in [0, 0.1) is 0 Å². The molecule has 2 aliphatic rings. The predicted molar refractivity (Wildman–Crippen MR) is 83.7 cm³/mol. The first-order valence-electron chi connectivity index (χ1n) is 7.42. The summed E-state index contributed by atoms with van der Waals surface area (Å²) < 4.78 is 1.31. The molecule has 0 aliphatic carbocycles. The summed E-state index contributed by atoms with van der Waals surface area (Å²) >= 11 is 3.79. The van der Waals surface area contributed by atoms with Gasteiger partial charge in [0.2, 0.25) is 0 Å². The van der Waals surface area contributed by atoms with Gasteiger partial charge in [-0.1, -0.05) is 28.1 Å². The lowest BCUT2D eigenvalue weighted by molar-refractivity contribution is 0.411. The Morgan fingerprint density at radius 2 is 2.26 bits per heavy atom. The van der Waals surface area contributed by atoms with E-state index in [2.05, 4.69) is 51.4 Å². The highest BCUT2D eigenvalue weighted by Gasteiger charge is 2.23. The third-order valence-corrected chi connectivity index (χ3v) is 5.23. The highest BCUT2D eigenvalue weighted by molar-refractivity contribution is 9.10. The van der Waals surface area contributed by atoms with Crippen molar-refractivity contribution in [2.75, 3.05) is 26.7 Å². The van der Waals surface area contributed by atoms with Gasteiger partial charge in [0, 0.05) is 17.1 Å². The number of nitrogens with one attached hydrogen (secondary N) is 1. The number of likely N-dealkylation sites (N-methyl/N-ethyl adjacent to an activating group) is 1. The number of nitrogens with zero attached hydrogens (tertiary/aromatic N) is 1. The smallest absolute Gasteiger partial charge is 0.0213 e. The van der Waals surface area contributed by atoms with Crippen LogP contribution < -0.4 is 5.32 Å². The summed E-state index contributed by atoms with van der Waals surface area (Å²) in [4.78, 5) is 2.42. The van der Waals surface area contributed by atoms with E-state index >= 15 is 0 Å². The molecule has 2 atom stereocenters. The van der Waals surface area contributed by atoms with Gasteiger partial charge in [-0.25, -0.2) is 0 Å². The second-order valence-corrected chi connectivity index (χ2v) is 6.96. The van der Waals surface area contributed by atoms with Crippen molar-refractivity contribution in [2.24, 2.45) is 0 Å². The molecule has 1 aromatic carbocycles. The van der Waals surface area contributed by atoms with Crippen molar-refractivity contribution in [1.82, 2.24) is 10.2 Å². The summed E-state index contributed by atoms with van der Waals surface area (Å²) in [6, 6.07) is 7.71. The van der Waals surface area contributed by atoms with Gasteiger partial charge in [-0.2, -0.15) is 0 Å². The van der Waals surface area contributed by atoms with Gasteiger partial charge in [-0.05, 0) is 68.9 Å². The lowest BCUT2D eigenvalue weighted by Gasteiger charge is -2.15. The maximum Gasteiger partial charge on any atom is 0.0213 e. The fourth-order valence-corrected chi connectivity index (χ4v) is 4.18. The molecule has 104 valence electrons. The molecule has 3 heteroatoms. The van der Waals surface area contributed by atoms with E-state index in [4.69, 9.17) is 0 Å². The standard InChI is InChI=1S/C16H23BrN2/c1-19-8-6-13(11-19)15-5-4-12(10-16(15)17)9-14-3-2-7-18-14/h4-5,10,13-14,18H,2-3,6-9,11H2,1H3. The van der Waals surface area contributed by atoms with Crippen molar-refractivity contribution in [3.8, 4) is 0 Å². The highest BCUT2D eigenvalue weighted by Crippen LogP contribution is 2.32. The monoisotopic (exact) mass is 322 g/mol. The zero-order valence-electron chi connectivity index (χ0n) is 11.7. The number of halogens is 1. The minimum Gasteiger partial charge on any atom is -0.314 e. The number of hydrogen-bond acceptors (Lipinski definition) is 2. The molecule has 3 rings (SSSR count). The maximum atomic E-state index is 3.79. The first-order chi connectivity index (χ1) is 9.22. The van der Waals surface area contributed by atoms with E-state index in [-0.39, 0.29) is 0 Å². The van der Waals surface area contributed by atoms with Crippen LogP contribution in [0.4, 0.5) is 0 Å². The molecule has 0 radical (unpaired) electrons. The molecule has 19 heavy (non-hydrogen) atoms. The van der Waals surface area contributed by atoms with Crippen LogP contribution in [-0.4, -0.2) is 37.6 Å². The van der Waals surface area contributed by atoms with Crippen LogP contribution in [-0.2, 0) is 6.42 Å². The van der Waals surface area contributed by atoms with Crippen LogP contribution in [0.5, 0.6) is 0 Å². The summed E-state index contributed by atoms with van der Waals surface area (Å²) in [5.41, 5.74) is 2.95. The molecule has 0 spiro atoms. The van der Waals surface area contributed by atoms with Gasteiger partial charge in [0.25, 0.3) is 0 Å². The molecular weight excluding hydrogens is 300 g/mol. The molecule has 2 saturated heterocycles. The molecule has 2 nitrogen and oxygen atoms in total. The second kappa shape index (κ2) is 5.94. The Hall–Kier alpha value is -0.380. The number of benzene rings is 1. The van der Waals surface area contributed by atoms with Crippen LogP contribution in [0.25, 0.3) is 0 Å². The van der Waals surface area contributed by atoms with Gasteiger partial charge in [0.05, 0.1) is 0 Å². The third-order valence-electron chi connectivity index (χ3n) is 4.54. The molecule has 2 aliphatic heterocycles. The molecule has 0 amide bonds. The Labute approximate surface area is 124 Å². The van der Waals surface area contributed by atoms with Crippen LogP contribution >= 0.6 is 15.9 Å². The number of likely N-dealkylation sites (tertiary alicyclic amines) is 1. The zero-order chi connectivity index (χ0) is 13.2. The fraction of sp³-hybridized carbons (Fsp3) is 0.625. The van der Waals surface area contributed by atoms with Crippen molar-refractivity contribution >= 4 is 15.9 Å². The van der Waals surface area contributed by atoms with Crippen molar-refractivity contribution in [3.05, 3.63) is 33.8 Å². The van der Waals surface area contributed by atoms with E-state index in [0.717, 1.165) is 0 Å². The minimum absolute atomic E-state index is 0.690. The molecule has 2 heterocycles. The zero-order valence-corrected chi connectivity index (χ0v) is 13.2. The molecule has 1 aromatic rings. The van der Waals surface area contributed by atoms with Crippen molar-refractivity contribution in [2.45, 2.75) is 37.6 Å². The van der Waals surface area contributed by atoms with E-state index < -0.39 is 0 Å². The molecule has 0 bridgehead atoms. The van der Waals surface area contributed by atoms with E-state index in [9.17, 15) is 0 Å². The second-order valence-electron chi connectivity index (χ2n) is 6.10. The van der Waals surface area contributed by atoms with Gasteiger partial charge in [-0.3, -0.25) is 0 Å². The lowest BCUT2D eigenvalue weighted by Crippen LogP contribution is -2.23. The van der Waals surface area contributed by atoms with Crippen LogP contribution in [0.1, 0.15) is 36.3 Å². The van der Waals surface area contributed by atoms with E-state index in [1.165, 1.54) is 60.9 Å². The highest BCUT2D eigenvalue weighted by atomic mass is 79.9. The minimum atomic E-state index is 0.690.